The maximum atomic E-state index is 11.7. The molecule has 0 spiro atoms. The second-order valence-electron chi connectivity index (χ2n) is 5.26. The minimum absolute atomic E-state index is 0.187. The van der Waals surface area contributed by atoms with Gasteiger partial charge in [-0.15, -0.1) is 0 Å². The Labute approximate surface area is 98.1 Å². The zero-order valence-corrected chi connectivity index (χ0v) is 10.6. The van der Waals surface area contributed by atoms with Gasteiger partial charge < -0.3 is 4.74 Å². The van der Waals surface area contributed by atoms with Crippen LogP contribution in [0, 0.1) is 5.92 Å². The molecule has 0 amide bonds. The highest BCUT2D eigenvalue weighted by Gasteiger charge is 2.39. The number of ether oxygens (including phenoxy) is 1. The van der Waals surface area contributed by atoms with Gasteiger partial charge in [-0.25, -0.2) is 0 Å². The van der Waals surface area contributed by atoms with E-state index in [1.165, 1.54) is 19.3 Å². The molecule has 0 bridgehead atoms. The molecule has 0 N–H and O–H groups in total. The van der Waals surface area contributed by atoms with Gasteiger partial charge in [0.05, 0.1) is 6.10 Å². The molecule has 4 atom stereocenters. The summed E-state index contributed by atoms with van der Waals surface area (Å²) in [7, 11) is 1.81. The van der Waals surface area contributed by atoms with E-state index in [0.29, 0.717) is 24.0 Å². The number of hydrogen-bond donors (Lipinski definition) is 0. The lowest BCUT2D eigenvalue weighted by atomic mass is 9.89. The van der Waals surface area contributed by atoms with Crippen molar-refractivity contribution in [2.45, 2.75) is 57.7 Å². The third-order valence-electron chi connectivity index (χ3n) is 4.52. The van der Waals surface area contributed by atoms with E-state index in [2.05, 4.69) is 18.7 Å². The van der Waals surface area contributed by atoms with Crippen molar-refractivity contribution in [2.75, 3.05) is 13.7 Å². The van der Waals surface area contributed by atoms with Crippen molar-refractivity contribution in [2.24, 2.45) is 5.92 Å². The lowest BCUT2D eigenvalue weighted by Gasteiger charge is -2.42. The van der Waals surface area contributed by atoms with Gasteiger partial charge >= 0.3 is 0 Å². The maximum Gasteiger partial charge on any atom is 0.138 e. The first-order chi connectivity index (χ1) is 7.65. The molecule has 16 heavy (non-hydrogen) atoms. The number of carbonyl (C=O) groups excluding carboxylic acids is 1. The third kappa shape index (κ3) is 2.03. The van der Waals surface area contributed by atoms with Gasteiger partial charge in [0, 0.05) is 38.1 Å². The minimum Gasteiger partial charge on any atom is -0.380 e. The largest absolute Gasteiger partial charge is 0.380 e. The molecule has 2 fully saturated rings. The number of ketones is 1. The summed E-state index contributed by atoms with van der Waals surface area (Å²) < 4.78 is 5.56. The van der Waals surface area contributed by atoms with Crippen molar-refractivity contribution in [1.29, 1.82) is 0 Å². The van der Waals surface area contributed by atoms with E-state index >= 15 is 0 Å². The Morgan fingerprint density at radius 2 is 2.06 bits per heavy atom. The fourth-order valence-corrected chi connectivity index (χ4v) is 3.26. The van der Waals surface area contributed by atoms with Crippen LogP contribution in [0.15, 0.2) is 0 Å². The Morgan fingerprint density at radius 3 is 2.75 bits per heavy atom. The average molecular weight is 225 g/mol. The zero-order chi connectivity index (χ0) is 11.7. The molecular formula is C13H23NO2. The van der Waals surface area contributed by atoms with Gasteiger partial charge in [0.2, 0.25) is 0 Å². The average Bonchev–Trinajstić information content (AvgIpc) is 2.74. The molecule has 3 heteroatoms. The van der Waals surface area contributed by atoms with Crippen LogP contribution in [-0.2, 0) is 9.53 Å². The van der Waals surface area contributed by atoms with Crippen LogP contribution >= 0.6 is 0 Å². The molecule has 4 unspecified atom stereocenters. The van der Waals surface area contributed by atoms with Gasteiger partial charge in [-0.2, -0.15) is 0 Å². The number of rotatable bonds is 2. The molecule has 1 saturated carbocycles. The van der Waals surface area contributed by atoms with Crippen molar-refractivity contribution < 1.29 is 9.53 Å². The number of piperidine rings is 1. The van der Waals surface area contributed by atoms with Crippen LogP contribution < -0.4 is 0 Å². The van der Waals surface area contributed by atoms with Crippen LogP contribution in [0.4, 0.5) is 0 Å². The van der Waals surface area contributed by atoms with Gasteiger partial charge in [0.25, 0.3) is 0 Å². The van der Waals surface area contributed by atoms with E-state index in [-0.39, 0.29) is 5.92 Å². The summed E-state index contributed by atoms with van der Waals surface area (Å²) in [6.07, 6.45) is 4.76. The Morgan fingerprint density at radius 1 is 1.31 bits per heavy atom. The van der Waals surface area contributed by atoms with E-state index < -0.39 is 0 Å². The van der Waals surface area contributed by atoms with Gasteiger partial charge in [0.1, 0.15) is 5.78 Å². The lowest BCUT2D eigenvalue weighted by molar-refractivity contribution is -0.130. The predicted molar refractivity (Wildman–Crippen MR) is 63.4 cm³/mol. The first-order valence-corrected chi connectivity index (χ1v) is 6.46. The number of carbonyl (C=O) groups is 1. The molecule has 1 aliphatic heterocycles. The first-order valence-electron chi connectivity index (χ1n) is 6.46. The molecule has 1 heterocycles. The number of Topliss-reactive ketones (excluding diaryl/α,β-unsaturated/α-hetero) is 1. The summed E-state index contributed by atoms with van der Waals surface area (Å²) >= 11 is 0. The van der Waals surface area contributed by atoms with Crippen LogP contribution in [-0.4, -0.2) is 42.5 Å². The second-order valence-corrected chi connectivity index (χ2v) is 5.26. The van der Waals surface area contributed by atoms with Crippen molar-refractivity contribution in [3.8, 4) is 0 Å². The van der Waals surface area contributed by atoms with Crippen LogP contribution in [0.1, 0.15) is 39.5 Å². The molecule has 2 aliphatic rings. The Kier molecular flexibility index (Phi) is 3.65. The van der Waals surface area contributed by atoms with E-state index in [4.69, 9.17) is 4.74 Å². The molecule has 1 aliphatic carbocycles. The summed E-state index contributed by atoms with van der Waals surface area (Å²) in [5.74, 6) is 0.613. The molecule has 2 rings (SSSR count). The van der Waals surface area contributed by atoms with Crippen molar-refractivity contribution in [3.05, 3.63) is 0 Å². The quantitative estimate of drug-likeness (QED) is 0.718. The van der Waals surface area contributed by atoms with Gasteiger partial charge in [0.15, 0.2) is 0 Å². The molecule has 0 aromatic carbocycles. The smallest absolute Gasteiger partial charge is 0.138 e. The fourth-order valence-electron chi connectivity index (χ4n) is 3.26. The highest BCUT2D eigenvalue weighted by Crippen LogP contribution is 2.32. The van der Waals surface area contributed by atoms with Crippen molar-refractivity contribution in [1.82, 2.24) is 4.90 Å². The van der Waals surface area contributed by atoms with E-state index in [1.807, 2.05) is 7.11 Å². The fraction of sp³-hybridized carbons (Fsp3) is 0.923. The minimum atomic E-state index is 0.187. The molecule has 3 nitrogen and oxygen atoms in total. The number of likely N-dealkylation sites (tertiary alicyclic amines) is 1. The molecule has 0 aromatic rings. The number of methoxy groups -OCH3 is 1. The Balaban J connectivity index is 2.06. The van der Waals surface area contributed by atoms with Crippen molar-refractivity contribution in [3.63, 3.8) is 0 Å². The summed E-state index contributed by atoms with van der Waals surface area (Å²) in [4.78, 5) is 14.2. The topological polar surface area (TPSA) is 29.5 Å². The molecule has 0 aromatic heterocycles. The number of hydrogen-bond acceptors (Lipinski definition) is 3. The van der Waals surface area contributed by atoms with Gasteiger partial charge in [-0.3, -0.25) is 9.69 Å². The van der Waals surface area contributed by atoms with E-state index in [9.17, 15) is 4.79 Å². The van der Waals surface area contributed by atoms with Crippen LogP contribution in [0.2, 0.25) is 0 Å². The monoisotopic (exact) mass is 225 g/mol. The van der Waals surface area contributed by atoms with Gasteiger partial charge in [-0.1, -0.05) is 6.92 Å². The third-order valence-corrected chi connectivity index (χ3v) is 4.52. The van der Waals surface area contributed by atoms with Crippen LogP contribution in [0.25, 0.3) is 0 Å². The Hall–Kier alpha value is -0.410. The number of nitrogens with zero attached hydrogens (tertiary/aromatic N) is 1. The normalized spacial score (nSPS) is 41.6. The predicted octanol–water partition coefficient (Wildman–Crippen LogP) is 1.85. The summed E-state index contributed by atoms with van der Waals surface area (Å²) in [5, 5.41) is 0. The van der Waals surface area contributed by atoms with Crippen LogP contribution in [0.5, 0.6) is 0 Å². The van der Waals surface area contributed by atoms with Crippen LogP contribution in [0.3, 0.4) is 0 Å². The summed E-state index contributed by atoms with van der Waals surface area (Å²) in [5.41, 5.74) is 0. The van der Waals surface area contributed by atoms with Crippen molar-refractivity contribution >= 4 is 5.78 Å². The molecule has 92 valence electrons. The van der Waals surface area contributed by atoms with E-state index in [0.717, 1.165) is 13.0 Å². The summed E-state index contributed by atoms with van der Waals surface area (Å²) in [6, 6.07) is 0.914. The highest BCUT2D eigenvalue weighted by molar-refractivity contribution is 5.82. The zero-order valence-electron chi connectivity index (χ0n) is 10.6. The molecular weight excluding hydrogens is 202 g/mol. The Bertz CT molecular complexity index is 267. The second kappa shape index (κ2) is 4.84. The lowest BCUT2D eigenvalue weighted by Crippen LogP contribution is -2.53. The maximum absolute atomic E-state index is 11.7. The van der Waals surface area contributed by atoms with E-state index in [1.54, 1.807) is 0 Å². The molecule has 0 radical (unpaired) electrons. The summed E-state index contributed by atoms with van der Waals surface area (Å²) in [6.45, 7) is 5.18. The van der Waals surface area contributed by atoms with Gasteiger partial charge in [-0.05, 0) is 26.2 Å². The standard InChI is InChI=1S/C13H23NO2/c1-9-10(2)14(8-7-12(9)15)11-5-4-6-13(11)16-3/h9-11,13H,4-8H2,1-3H3. The highest BCUT2D eigenvalue weighted by atomic mass is 16.5. The molecule has 1 saturated heterocycles. The first kappa shape index (κ1) is 12.1. The SMILES string of the molecule is COC1CCCC1N1CCC(=O)C(C)C1C.